The highest BCUT2D eigenvalue weighted by Gasteiger charge is 2.26. The van der Waals surface area contributed by atoms with Gasteiger partial charge in [-0.2, -0.15) is 4.98 Å². The van der Waals surface area contributed by atoms with Crippen molar-refractivity contribution in [1.29, 1.82) is 0 Å². The fourth-order valence-corrected chi connectivity index (χ4v) is 3.62. The first kappa shape index (κ1) is 19.8. The minimum Gasteiger partial charge on any atom is -0.490 e. The normalized spacial score (nSPS) is 15.1. The fraction of sp³-hybridized carbons (Fsp3) is 0.238. The fourth-order valence-electron chi connectivity index (χ4n) is 3.21. The molecule has 8 heteroatoms. The number of nitrogens with zero attached hydrogens (tertiary/aromatic N) is 2. The number of halogens is 2. The molecule has 2 heterocycles. The molecule has 0 N–H and O–H groups in total. The van der Waals surface area contributed by atoms with Crippen LogP contribution in [0.5, 0.6) is 11.8 Å². The van der Waals surface area contributed by atoms with Gasteiger partial charge in [0.1, 0.15) is 12.4 Å². The van der Waals surface area contributed by atoms with Gasteiger partial charge in [0.05, 0.1) is 28.9 Å². The molecule has 29 heavy (non-hydrogen) atoms. The summed E-state index contributed by atoms with van der Waals surface area (Å²) >= 11 is 12.4. The Morgan fingerprint density at radius 2 is 2.00 bits per heavy atom. The molecule has 0 saturated heterocycles. The van der Waals surface area contributed by atoms with E-state index in [0.717, 1.165) is 16.8 Å². The molecule has 6 nitrogen and oxygen atoms in total. The Morgan fingerprint density at radius 1 is 1.21 bits per heavy atom. The molecular formula is C21H18Cl2N2O4. The highest BCUT2D eigenvalue weighted by atomic mass is 35.5. The van der Waals surface area contributed by atoms with E-state index in [2.05, 4.69) is 4.98 Å². The van der Waals surface area contributed by atoms with Crippen LogP contribution < -0.4 is 15.0 Å². The first-order valence-corrected chi connectivity index (χ1v) is 9.74. The zero-order valence-electron chi connectivity index (χ0n) is 15.6. The summed E-state index contributed by atoms with van der Waals surface area (Å²) in [5, 5.41) is 1.04. The van der Waals surface area contributed by atoms with Crippen LogP contribution in [0.25, 0.3) is 11.1 Å². The summed E-state index contributed by atoms with van der Waals surface area (Å²) in [6, 6.07) is 14.9. The highest BCUT2D eigenvalue weighted by molar-refractivity contribution is 6.43. The maximum Gasteiger partial charge on any atom is 0.300 e. The third-order valence-electron chi connectivity index (χ3n) is 4.58. The largest absolute Gasteiger partial charge is 0.490 e. The van der Waals surface area contributed by atoms with E-state index >= 15 is 0 Å². The molecule has 1 aromatic heterocycles. The van der Waals surface area contributed by atoms with Gasteiger partial charge in [-0.1, -0.05) is 47.5 Å². The van der Waals surface area contributed by atoms with E-state index in [9.17, 15) is 4.79 Å². The Labute approximate surface area is 177 Å². The Hall–Kier alpha value is -2.54. The molecule has 1 aliphatic heterocycles. The molecule has 0 aliphatic carbocycles. The summed E-state index contributed by atoms with van der Waals surface area (Å²) < 4.78 is 18.6. The van der Waals surface area contributed by atoms with Crippen LogP contribution >= 0.6 is 23.2 Å². The molecule has 150 valence electrons. The number of ether oxygens (including phenoxy) is 3. The van der Waals surface area contributed by atoms with E-state index in [1.54, 1.807) is 13.2 Å². The minimum atomic E-state index is -0.347. The van der Waals surface area contributed by atoms with Crippen molar-refractivity contribution < 1.29 is 14.2 Å². The highest BCUT2D eigenvalue weighted by Crippen LogP contribution is 2.34. The molecule has 0 amide bonds. The molecule has 1 atom stereocenters. The zero-order valence-corrected chi connectivity index (χ0v) is 17.1. The Morgan fingerprint density at radius 3 is 2.76 bits per heavy atom. The molecule has 0 spiro atoms. The smallest absolute Gasteiger partial charge is 0.300 e. The van der Waals surface area contributed by atoms with Gasteiger partial charge >= 0.3 is 6.01 Å². The first-order valence-electron chi connectivity index (χ1n) is 8.99. The minimum absolute atomic E-state index is 0.248. The van der Waals surface area contributed by atoms with E-state index in [0.29, 0.717) is 41.6 Å². The van der Waals surface area contributed by atoms with Crippen LogP contribution in [0.1, 0.15) is 5.69 Å². The lowest BCUT2D eigenvalue weighted by molar-refractivity contribution is 0.143. The van der Waals surface area contributed by atoms with Crippen molar-refractivity contribution in [2.75, 3.05) is 13.7 Å². The maximum absolute atomic E-state index is 11.7. The monoisotopic (exact) mass is 432 g/mol. The van der Waals surface area contributed by atoms with E-state index in [1.165, 1.54) is 6.07 Å². The molecule has 0 bridgehead atoms. The molecule has 0 saturated carbocycles. The molecule has 0 fully saturated rings. The van der Waals surface area contributed by atoms with Crippen LogP contribution in [-0.4, -0.2) is 29.4 Å². The Kier molecular flexibility index (Phi) is 5.76. The van der Waals surface area contributed by atoms with Crippen molar-refractivity contribution in [1.82, 2.24) is 9.55 Å². The second kappa shape index (κ2) is 8.45. The van der Waals surface area contributed by atoms with Crippen LogP contribution in [0.4, 0.5) is 0 Å². The standard InChI is InChI=1S/C21H18Cl2N2O4/c1-27-11-14-9-19(26)24-21-25(14)10-16(29-21)12-28-15-7-5-13(6-8-15)17-3-2-4-18(22)20(17)23/h2-9,16H,10-12H2,1H3/t16-/m0/s1. The molecule has 3 aromatic rings. The van der Waals surface area contributed by atoms with Crippen LogP contribution in [0, 0.1) is 0 Å². The number of methoxy groups -OCH3 is 1. The first-order chi connectivity index (χ1) is 14.0. The summed E-state index contributed by atoms with van der Waals surface area (Å²) in [5.41, 5.74) is 2.19. The summed E-state index contributed by atoms with van der Waals surface area (Å²) in [4.78, 5) is 15.6. The van der Waals surface area contributed by atoms with Crippen LogP contribution in [-0.2, 0) is 17.9 Å². The van der Waals surface area contributed by atoms with Gasteiger partial charge < -0.3 is 14.2 Å². The summed E-state index contributed by atoms with van der Waals surface area (Å²) in [6.45, 7) is 1.17. The van der Waals surface area contributed by atoms with Crippen LogP contribution in [0.2, 0.25) is 10.0 Å². The second-order valence-electron chi connectivity index (χ2n) is 6.59. The van der Waals surface area contributed by atoms with Crippen molar-refractivity contribution in [3.63, 3.8) is 0 Å². The predicted molar refractivity (Wildman–Crippen MR) is 111 cm³/mol. The third-order valence-corrected chi connectivity index (χ3v) is 5.40. The number of rotatable bonds is 6. The van der Waals surface area contributed by atoms with E-state index in [-0.39, 0.29) is 11.7 Å². The van der Waals surface area contributed by atoms with Crippen molar-refractivity contribution in [2.45, 2.75) is 19.3 Å². The number of hydrogen-bond donors (Lipinski definition) is 0. The van der Waals surface area contributed by atoms with Gasteiger partial charge in [0.25, 0.3) is 5.56 Å². The number of fused-ring (bicyclic) bond motifs is 1. The van der Waals surface area contributed by atoms with Crippen molar-refractivity contribution in [2.24, 2.45) is 0 Å². The van der Waals surface area contributed by atoms with Gasteiger partial charge in [-0.25, -0.2) is 0 Å². The van der Waals surface area contributed by atoms with Gasteiger partial charge in [-0.15, -0.1) is 0 Å². The van der Waals surface area contributed by atoms with Gasteiger partial charge in [0.15, 0.2) is 6.10 Å². The number of benzene rings is 2. The predicted octanol–water partition coefficient (Wildman–Crippen LogP) is 4.20. The number of aromatic nitrogens is 2. The van der Waals surface area contributed by atoms with Crippen molar-refractivity contribution >= 4 is 23.2 Å². The van der Waals surface area contributed by atoms with Gasteiger partial charge in [0.2, 0.25) is 0 Å². The summed E-state index contributed by atoms with van der Waals surface area (Å²) in [6.07, 6.45) is -0.248. The molecule has 1 aliphatic rings. The lowest BCUT2D eigenvalue weighted by Crippen LogP contribution is -2.23. The quantitative estimate of drug-likeness (QED) is 0.583. The average Bonchev–Trinajstić information content (AvgIpc) is 3.12. The van der Waals surface area contributed by atoms with Crippen LogP contribution in [0.15, 0.2) is 53.3 Å². The van der Waals surface area contributed by atoms with Crippen molar-refractivity contribution in [3.8, 4) is 22.9 Å². The van der Waals surface area contributed by atoms with Crippen LogP contribution in [0.3, 0.4) is 0 Å². The van der Waals surface area contributed by atoms with Gasteiger partial charge in [-0.3, -0.25) is 9.36 Å². The Bertz CT molecular complexity index is 1080. The van der Waals surface area contributed by atoms with E-state index in [1.807, 2.05) is 41.0 Å². The van der Waals surface area contributed by atoms with E-state index < -0.39 is 0 Å². The average molecular weight is 433 g/mol. The third kappa shape index (κ3) is 4.24. The molecule has 0 radical (unpaired) electrons. The molecule has 2 aromatic carbocycles. The lowest BCUT2D eigenvalue weighted by Gasteiger charge is -2.12. The summed E-state index contributed by atoms with van der Waals surface area (Å²) in [7, 11) is 1.58. The SMILES string of the molecule is COCc1cc(=O)nc2n1C[C@@H](COc1ccc(-c3cccc(Cl)c3Cl)cc1)O2. The second-order valence-corrected chi connectivity index (χ2v) is 7.37. The Balaban J connectivity index is 1.42. The van der Waals surface area contributed by atoms with E-state index in [4.69, 9.17) is 37.4 Å². The molecule has 4 rings (SSSR count). The molecule has 0 unspecified atom stereocenters. The zero-order chi connectivity index (χ0) is 20.4. The maximum atomic E-state index is 11.7. The number of hydrogen-bond acceptors (Lipinski definition) is 5. The lowest BCUT2D eigenvalue weighted by atomic mass is 10.1. The van der Waals surface area contributed by atoms with Crippen molar-refractivity contribution in [3.05, 3.63) is 74.6 Å². The van der Waals surface area contributed by atoms with Gasteiger partial charge in [0, 0.05) is 18.7 Å². The van der Waals surface area contributed by atoms with Gasteiger partial charge in [-0.05, 0) is 23.8 Å². The summed E-state index contributed by atoms with van der Waals surface area (Å²) in [5.74, 6) is 0.700. The molecular weight excluding hydrogens is 415 g/mol. The topological polar surface area (TPSA) is 62.6 Å².